The van der Waals surface area contributed by atoms with E-state index < -0.39 is 74.1 Å². The van der Waals surface area contributed by atoms with E-state index >= 15 is 0 Å². The van der Waals surface area contributed by atoms with Gasteiger partial charge in [-0.2, -0.15) is 18.2 Å². The van der Waals surface area contributed by atoms with Gasteiger partial charge in [-0.3, -0.25) is 4.57 Å². The van der Waals surface area contributed by atoms with E-state index in [-0.39, 0.29) is 82.4 Å². The standard InChI is InChI=1S/C72H52N4O.Pt/c1-46-20-16-21-47(2)68(46)50-40-63-58-29-13-12-28-57(58)61-33-18-31-55(48-22-8-6-9-23-48)69(61)62-34-19-32-56(49-24-10-7-11-25-49)70(62)75-45-74(66(41-50)71(63)75)52-26-17-27-53(43-52)77-54-36-37-60-59-30-14-15-35-64(59)76(65(60)44-54)67-42-51(38-39-73-67)72(3,4)5;/h6-42H,1-5H3;/q-2;/i1D3,2D3,6D,7D,8D,9D,10D,11D,22D,23D,24D,25D;. The Hall–Kier alpha value is -8.89. The molecule has 13 aromatic rings. The van der Waals surface area contributed by atoms with E-state index in [0.717, 1.165) is 21.9 Å². The number of fused-ring (bicyclic) bond motifs is 10. The zero-order valence-corrected chi connectivity index (χ0v) is 44.4. The third-order valence-corrected chi connectivity index (χ3v) is 14.4. The summed E-state index contributed by atoms with van der Waals surface area (Å²) in [6.45, 7) is 0.760. The number of benzene rings is 10. The number of hydrogen-bond donors (Lipinski definition) is 0. The van der Waals surface area contributed by atoms with E-state index in [0.29, 0.717) is 67.2 Å². The van der Waals surface area contributed by atoms with Gasteiger partial charge in [0.05, 0.1) is 30.4 Å². The first-order valence-electron chi connectivity index (χ1n) is 33.0. The summed E-state index contributed by atoms with van der Waals surface area (Å²) in [6, 6.07) is 47.4. The first kappa shape index (κ1) is 34.0. The van der Waals surface area contributed by atoms with Crippen molar-refractivity contribution in [2.45, 2.75) is 39.9 Å². The topological polar surface area (TPSA) is 35.9 Å². The third kappa shape index (κ3) is 8.11. The molecule has 14 rings (SSSR count). The largest absolute Gasteiger partial charge is 0.510 e. The molecular weight excluding hydrogens is 1130 g/mol. The molecule has 5 nitrogen and oxygen atoms in total. The van der Waals surface area contributed by atoms with E-state index in [2.05, 4.69) is 49.9 Å². The van der Waals surface area contributed by atoms with Gasteiger partial charge in [0.1, 0.15) is 5.82 Å². The summed E-state index contributed by atoms with van der Waals surface area (Å²) in [7, 11) is 0. The summed E-state index contributed by atoms with van der Waals surface area (Å²) in [6.07, 6.45) is 5.39. The van der Waals surface area contributed by atoms with Crippen LogP contribution < -0.4 is 9.30 Å². The summed E-state index contributed by atoms with van der Waals surface area (Å²) in [5.41, 5.74) is 5.79. The van der Waals surface area contributed by atoms with Crippen molar-refractivity contribution in [3.05, 3.63) is 259 Å². The number of rotatable bonds is 7. The number of aryl methyl sites for hydroxylation is 2. The molecule has 1 aliphatic rings. The van der Waals surface area contributed by atoms with Crippen LogP contribution in [-0.4, -0.2) is 14.1 Å². The number of imidazole rings is 1. The number of hydrogen-bond acceptors (Lipinski definition) is 2. The zero-order chi connectivity index (χ0) is 65.6. The van der Waals surface area contributed by atoms with Crippen molar-refractivity contribution in [3.8, 4) is 95.5 Å². The molecule has 1 aliphatic heterocycles. The normalized spacial score (nSPS) is 15.1. The van der Waals surface area contributed by atoms with E-state index in [9.17, 15) is 5.48 Å². The van der Waals surface area contributed by atoms with Crippen LogP contribution in [0.4, 0.5) is 0 Å². The van der Waals surface area contributed by atoms with Crippen LogP contribution in [0.25, 0.3) is 117 Å². The number of nitrogens with zero attached hydrogens (tertiary/aromatic N) is 4. The van der Waals surface area contributed by atoms with Gasteiger partial charge in [0.2, 0.25) is 0 Å². The van der Waals surface area contributed by atoms with E-state index in [4.69, 9.17) is 26.2 Å². The summed E-state index contributed by atoms with van der Waals surface area (Å²) in [5.74, 6) is 1.24. The predicted molar refractivity (Wildman–Crippen MR) is 314 cm³/mol. The smallest absolute Gasteiger partial charge is 0.268 e. The molecule has 0 amide bonds. The van der Waals surface area contributed by atoms with Gasteiger partial charge in [-0.15, -0.1) is 29.7 Å². The summed E-state index contributed by atoms with van der Waals surface area (Å²) < 4.78 is 156. The molecule has 0 saturated carbocycles. The Morgan fingerprint density at radius 2 is 1.18 bits per heavy atom. The molecule has 0 bridgehead atoms. The van der Waals surface area contributed by atoms with Gasteiger partial charge in [-0.25, -0.2) is 4.98 Å². The van der Waals surface area contributed by atoms with Gasteiger partial charge in [0.25, 0.3) is 6.33 Å². The first-order chi connectivity index (χ1) is 44.2. The molecule has 0 atom stereocenters. The number of para-hydroxylation sites is 2. The molecule has 10 aromatic carbocycles. The Kier molecular flexibility index (Phi) is 8.41. The molecular formula is C72H52N4OPt-2. The number of pyridine rings is 1. The molecule has 6 heteroatoms. The first-order valence-corrected chi connectivity index (χ1v) is 25.0. The summed E-state index contributed by atoms with van der Waals surface area (Å²) >= 11 is 0. The molecule has 3 aromatic heterocycles. The fourth-order valence-corrected chi connectivity index (χ4v) is 10.9. The van der Waals surface area contributed by atoms with Crippen molar-refractivity contribution in [1.82, 2.24) is 14.1 Å². The second-order valence-corrected chi connectivity index (χ2v) is 20.0. The fraction of sp³-hybridized carbons (Fsp3) is 0.0833. The second-order valence-electron chi connectivity index (χ2n) is 20.0. The van der Waals surface area contributed by atoms with Crippen molar-refractivity contribution in [2.24, 2.45) is 0 Å². The third-order valence-electron chi connectivity index (χ3n) is 14.4. The molecule has 0 aliphatic carbocycles. The maximum Gasteiger partial charge on any atom is 0.268 e. The zero-order valence-electron chi connectivity index (χ0n) is 58.1. The maximum absolute atomic E-state index is 9.53. The summed E-state index contributed by atoms with van der Waals surface area (Å²) in [5, 5.41) is 1.89. The van der Waals surface area contributed by atoms with Crippen LogP contribution >= 0.6 is 0 Å². The average molecular weight is 1200 g/mol. The van der Waals surface area contributed by atoms with Gasteiger partial charge >= 0.3 is 0 Å². The second kappa shape index (κ2) is 19.3. The molecule has 0 fully saturated rings. The molecule has 0 radical (unpaired) electrons. The quantitative estimate of drug-likeness (QED) is 0.118. The SMILES string of the molecule is [2H]c1c([2H])c([2H])c(-c2cccc3c2-c2cccc(-c4c([2H])c([2H])c([2H])c([2H])c4[2H])c2-[n+]2[c-]n(-c4[c-]c(Oc5[c-]c6c(cc5)c5ccccc5n6-c5cc(C(C)(C)C)ccn5)ccc4)c4cc(-c5c(C([2H])([2H])[2H])cccc5C([2H])([2H])[2H])cc(c42)-c2ccccc2-3)c([2H])c1[2H].[Pt]. The predicted octanol–water partition coefficient (Wildman–Crippen LogP) is 17.8. The Morgan fingerprint density at radius 1 is 0.538 bits per heavy atom. The Bertz CT molecular complexity index is 5260. The molecule has 78 heavy (non-hydrogen) atoms. The van der Waals surface area contributed by atoms with Crippen LogP contribution in [0.3, 0.4) is 0 Å². The van der Waals surface area contributed by atoms with Gasteiger partial charge < -0.3 is 13.9 Å². The van der Waals surface area contributed by atoms with Crippen LogP contribution in [0.5, 0.6) is 11.5 Å². The van der Waals surface area contributed by atoms with Crippen LogP contribution in [0.1, 0.15) is 59.4 Å². The van der Waals surface area contributed by atoms with Crippen molar-refractivity contribution in [2.75, 3.05) is 0 Å². The molecule has 0 unspecified atom stereocenters. The molecule has 0 saturated heterocycles. The molecule has 0 N–H and O–H groups in total. The van der Waals surface area contributed by atoms with Crippen molar-refractivity contribution in [1.29, 1.82) is 0 Å². The minimum Gasteiger partial charge on any atom is -0.510 e. The average Bonchev–Trinajstić information content (AvgIpc) is 1.49. The number of aromatic nitrogens is 4. The van der Waals surface area contributed by atoms with Crippen molar-refractivity contribution < 1.29 is 52.3 Å². The summed E-state index contributed by atoms with van der Waals surface area (Å²) in [4.78, 5) is 4.84. The van der Waals surface area contributed by atoms with Crippen molar-refractivity contribution in [3.63, 3.8) is 0 Å². The minimum atomic E-state index is -2.84. The number of ether oxygens (including phenoxy) is 1. The van der Waals surface area contributed by atoms with Crippen LogP contribution in [0.15, 0.2) is 224 Å². The Morgan fingerprint density at radius 3 is 1.94 bits per heavy atom. The molecule has 0 spiro atoms. The van der Waals surface area contributed by atoms with Crippen LogP contribution in [0.2, 0.25) is 0 Å². The van der Waals surface area contributed by atoms with E-state index in [1.807, 2.05) is 60.7 Å². The Balaban J connectivity index is 0.00000803. The van der Waals surface area contributed by atoms with Gasteiger partial charge in [-0.05, 0) is 138 Å². The van der Waals surface area contributed by atoms with Crippen molar-refractivity contribution >= 4 is 32.8 Å². The van der Waals surface area contributed by atoms with Crippen LogP contribution in [0, 0.1) is 32.2 Å². The van der Waals surface area contributed by atoms with E-state index in [1.165, 1.54) is 18.2 Å². The molecule has 378 valence electrons. The fourth-order valence-electron chi connectivity index (χ4n) is 10.9. The maximum atomic E-state index is 9.53. The Labute approximate surface area is 492 Å². The van der Waals surface area contributed by atoms with Gasteiger partial charge in [-0.1, -0.05) is 190 Å². The van der Waals surface area contributed by atoms with Gasteiger partial charge in [0, 0.05) is 52.5 Å². The monoisotopic (exact) mass is 1200 g/mol. The van der Waals surface area contributed by atoms with Gasteiger partial charge in [0.15, 0.2) is 0 Å². The minimum absolute atomic E-state index is 0. The molecule has 4 heterocycles. The van der Waals surface area contributed by atoms with Crippen LogP contribution in [-0.2, 0) is 26.5 Å². The van der Waals surface area contributed by atoms with E-state index in [1.54, 1.807) is 88.1 Å².